The minimum absolute atomic E-state index is 0. The van der Waals surface area contributed by atoms with E-state index in [2.05, 4.69) is 21.1 Å². The smallest absolute Gasteiger partial charge is 0.744 e. The van der Waals surface area contributed by atoms with Crippen molar-refractivity contribution in [1.82, 2.24) is 0 Å². The molecule has 0 amide bonds. The Balaban J connectivity index is 0.00000260. The maximum absolute atomic E-state index is 12.6. The number of hydrogen-bond acceptors (Lipinski definition) is 12. The van der Waals surface area contributed by atoms with Crippen LogP contribution in [0.3, 0.4) is 0 Å². The van der Waals surface area contributed by atoms with Crippen LogP contribution in [0.25, 0.3) is 23.3 Å². The Labute approximate surface area is 319 Å². The molecule has 0 saturated heterocycles. The van der Waals surface area contributed by atoms with Gasteiger partial charge in [-0.2, -0.15) is 10.2 Å². The van der Waals surface area contributed by atoms with Gasteiger partial charge in [-0.15, -0.1) is 0 Å². The summed E-state index contributed by atoms with van der Waals surface area (Å²) in [6, 6.07) is 22.2. The second-order valence-electron chi connectivity index (χ2n) is 10.0. The maximum atomic E-state index is 12.6. The van der Waals surface area contributed by atoms with Gasteiger partial charge in [0.25, 0.3) is 0 Å². The van der Waals surface area contributed by atoms with Gasteiger partial charge < -0.3 is 9.11 Å². The van der Waals surface area contributed by atoms with Crippen LogP contribution in [0.15, 0.2) is 117 Å². The van der Waals surface area contributed by atoms with Crippen molar-refractivity contribution >= 4 is 66.8 Å². The SMILES string of the molecule is O=C1C=Cc2cccc(S(=O)(=O)[O-])c2C1=NNc1ccc(-c2ccc(NN=C3C(=O)C=Cc4cccc(S(=O)(=O)[O-])c43)cc2)cc1.[Na+].[Na+]. The average molecular weight is 699 g/mol. The molecule has 4 aromatic carbocycles. The first-order valence-corrected chi connectivity index (χ1v) is 16.2. The van der Waals surface area contributed by atoms with Crippen LogP contribution in [0, 0.1) is 0 Å². The van der Waals surface area contributed by atoms with Crippen molar-refractivity contribution in [2.75, 3.05) is 10.9 Å². The molecule has 2 aliphatic rings. The molecule has 0 aliphatic heterocycles. The Morgan fingerprint density at radius 3 is 1.19 bits per heavy atom. The van der Waals surface area contributed by atoms with Crippen molar-refractivity contribution < 1.29 is 94.6 Å². The van der Waals surface area contributed by atoms with Gasteiger partial charge in [0.1, 0.15) is 31.7 Å². The molecular formula is C32H20N4Na2O8S2. The fourth-order valence-corrected chi connectivity index (χ4v) is 6.39. The van der Waals surface area contributed by atoms with E-state index in [1.54, 1.807) is 60.7 Å². The molecule has 0 spiro atoms. The third-order valence-corrected chi connectivity index (χ3v) is 8.88. The van der Waals surface area contributed by atoms with Crippen molar-refractivity contribution in [3.63, 3.8) is 0 Å². The van der Waals surface area contributed by atoms with Gasteiger partial charge in [0, 0.05) is 11.1 Å². The molecule has 16 heteroatoms. The predicted molar refractivity (Wildman–Crippen MR) is 169 cm³/mol. The number of allylic oxidation sites excluding steroid dienone is 2. The molecule has 0 unspecified atom stereocenters. The third kappa shape index (κ3) is 7.84. The number of carbonyl (C=O) groups excluding carboxylic acids is 2. The van der Waals surface area contributed by atoms with E-state index in [4.69, 9.17) is 0 Å². The molecular weight excluding hydrogens is 678 g/mol. The van der Waals surface area contributed by atoms with Crippen LogP contribution in [-0.4, -0.2) is 48.9 Å². The summed E-state index contributed by atoms with van der Waals surface area (Å²) in [6.07, 6.45) is 5.35. The van der Waals surface area contributed by atoms with E-state index in [0.717, 1.165) is 23.3 Å². The summed E-state index contributed by atoms with van der Waals surface area (Å²) in [6.45, 7) is 0. The molecule has 0 fully saturated rings. The normalized spacial score (nSPS) is 15.3. The molecule has 2 N–H and O–H groups in total. The summed E-state index contributed by atoms with van der Waals surface area (Å²) in [5.74, 6) is -1.12. The van der Waals surface area contributed by atoms with Crippen LogP contribution >= 0.6 is 0 Å². The van der Waals surface area contributed by atoms with E-state index in [1.165, 1.54) is 36.4 Å². The van der Waals surface area contributed by atoms with Crippen LogP contribution in [0.5, 0.6) is 0 Å². The number of ketones is 2. The summed E-state index contributed by atoms with van der Waals surface area (Å²) in [5, 5.41) is 8.25. The van der Waals surface area contributed by atoms with Gasteiger partial charge in [-0.1, -0.05) is 60.7 Å². The van der Waals surface area contributed by atoms with Gasteiger partial charge in [-0.05, 0) is 70.8 Å². The van der Waals surface area contributed by atoms with Crippen LogP contribution in [0.2, 0.25) is 0 Å². The summed E-state index contributed by atoms with van der Waals surface area (Å²) in [7, 11) is -9.72. The molecule has 6 rings (SSSR count). The second kappa shape index (κ2) is 14.9. The maximum Gasteiger partial charge on any atom is 1.00 e. The number of hydrogen-bond donors (Lipinski definition) is 2. The standard InChI is InChI=1S/C32H22N4O8S2.2Na/c37-25-17-11-21-3-1-5-27(45(39,40)41)29(21)31(25)35-33-23-13-7-19(8-14-23)20-9-15-24(16-10-20)34-36-32-26(38)18-12-22-4-2-6-28(30(22)32)46(42,43)44;;/h1-18,33-34H,(H,39,40,41)(H,42,43,44);;/q;2*+1/p-2. The number of hydrazone groups is 2. The van der Waals surface area contributed by atoms with Crippen LogP contribution in [-0.2, 0) is 29.8 Å². The van der Waals surface area contributed by atoms with E-state index in [-0.39, 0.29) is 81.7 Å². The summed E-state index contributed by atoms with van der Waals surface area (Å²) < 4.78 is 70.9. The molecule has 0 saturated carbocycles. The van der Waals surface area contributed by atoms with E-state index in [9.17, 15) is 35.5 Å². The molecule has 0 bridgehead atoms. The van der Waals surface area contributed by atoms with E-state index < -0.39 is 41.6 Å². The van der Waals surface area contributed by atoms with Gasteiger partial charge in [0.05, 0.1) is 21.2 Å². The van der Waals surface area contributed by atoms with Crippen molar-refractivity contribution in [2.45, 2.75) is 9.79 Å². The molecule has 4 aromatic rings. The number of fused-ring (bicyclic) bond motifs is 2. The zero-order valence-electron chi connectivity index (χ0n) is 25.4. The number of nitrogens with zero attached hydrogens (tertiary/aromatic N) is 2. The summed E-state index contributed by atoms with van der Waals surface area (Å²) in [4.78, 5) is 24.1. The minimum Gasteiger partial charge on any atom is -0.744 e. The van der Waals surface area contributed by atoms with Gasteiger partial charge >= 0.3 is 59.1 Å². The fraction of sp³-hybridized carbons (Fsp3) is 0. The number of benzene rings is 4. The summed E-state index contributed by atoms with van der Waals surface area (Å²) >= 11 is 0. The molecule has 0 radical (unpaired) electrons. The molecule has 2 aliphatic carbocycles. The first kappa shape index (κ1) is 37.3. The van der Waals surface area contributed by atoms with Crippen LogP contribution < -0.4 is 70.0 Å². The topological polar surface area (TPSA) is 197 Å². The molecule has 12 nitrogen and oxygen atoms in total. The quantitative estimate of drug-likeness (QED) is 0.124. The fourth-order valence-electron chi connectivity index (χ4n) is 4.97. The molecule has 48 heavy (non-hydrogen) atoms. The van der Waals surface area contributed by atoms with Crippen molar-refractivity contribution in [3.8, 4) is 11.1 Å². The Morgan fingerprint density at radius 2 is 0.854 bits per heavy atom. The van der Waals surface area contributed by atoms with Crippen molar-refractivity contribution in [2.24, 2.45) is 10.2 Å². The molecule has 0 atom stereocenters. The van der Waals surface area contributed by atoms with Crippen molar-refractivity contribution in [3.05, 3.63) is 119 Å². The number of anilines is 2. The Hall–Kier alpha value is -3.54. The first-order valence-electron chi connectivity index (χ1n) is 13.4. The van der Waals surface area contributed by atoms with Gasteiger partial charge in [-0.25, -0.2) is 16.8 Å². The molecule has 230 valence electrons. The van der Waals surface area contributed by atoms with E-state index >= 15 is 0 Å². The third-order valence-electron chi connectivity index (χ3n) is 7.12. The average Bonchev–Trinajstić information content (AvgIpc) is 3.03. The van der Waals surface area contributed by atoms with Crippen LogP contribution in [0.1, 0.15) is 22.3 Å². The Bertz CT molecular complexity index is 2120. The van der Waals surface area contributed by atoms with Gasteiger partial charge in [-0.3, -0.25) is 20.4 Å². The zero-order chi connectivity index (χ0) is 32.6. The molecule has 0 aromatic heterocycles. The number of rotatable bonds is 7. The largest absolute Gasteiger partial charge is 1.00 e. The van der Waals surface area contributed by atoms with Gasteiger partial charge in [0.2, 0.25) is 11.6 Å². The molecule has 0 heterocycles. The zero-order valence-corrected chi connectivity index (χ0v) is 31.0. The van der Waals surface area contributed by atoms with E-state index in [1.807, 2.05) is 0 Å². The van der Waals surface area contributed by atoms with Crippen LogP contribution in [0.4, 0.5) is 11.4 Å². The predicted octanol–water partition coefficient (Wildman–Crippen LogP) is -2.01. The van der Waals surface area contributed by atoms with Gasteiger partial charge in [0.15, 0.2) is 0 Å². The van der Waals surface area contributed by atoms with Crippen molar-refractivity contribution in [1.29, 1.82) is 0 Å². The van der Waals surface area contributed by atoms with E-state index in [0.29, 0.717) is 22.5 Å². The first-order chi connectivity index (χ1) is 21.9. The number of carbonyl (C=O) groups is 2. The Kier molecular flexibility index (Phi) is 11.6. The second-order valence-corrected chi connectivity index (χ2v) is 12.7. The number of nitrogens with one attached hydrogen (secondary N) is 2. The Morgan fingerprint density at radius 1 is 0.500 bits per heavy atom. The minimum atomic E-state index is -4.86. The monoisotopic (exact) mass is 698 g/mol. The summed E-state index contributed by atoms with van der Waals surface area (Å²) in [5.41, 5.74) is 8.32.